The maximum absolute atomic E-state index is 11.7. The Morgan fingerprint density at radius 2 is 2.18 bits per heavy atom. The van der Waals surface area contributed by atoms with Gasteiger partial charge in [-0.05, 0) is 12.1 Å². The van der Waals surface area contributed by atoms with Crippen molar-refractivity contribution in [2.45, 2.75) is 11.2 Å². The molecule has 4 nitrogen and oxygen atoms in total. The molecule has 0 unspecified atom stereocenters. The van der Waals surface area contributed by atoms with Crippen LogP contribution >= 0.6 is 11.8 Å². The van der Waals surface area contributed by atoms with Crippen molar-refractivity contribution in [2.24, 2.45) is 0 Å². The molecule has 94 valence electrons. The van der Waals surface area contributed by atoms with Gasteiger partial charge in [0, 0.05) is 6.20 Å². The summed E-state index contributed by atoms with van der Waals surface area (Å²) in [4.78, 5) is 14.2. The minimum atomic E-state index is -4.35. The summed E-state index contributed by atoms with van der Waals surface area (Å²) in [6, 6.07) is 2.73. The number of rotatable bonds is 5. The zero-order valence-corrected chi connectivity index (χ0v) is 9.22. The SMILES string of the molecule is O=C(O)c1ccc(SCOCC(F)(F)F)nc1. The zero-order chi connectivity index (χ0) is 12.9. The third kappa shape index (κ3) is 5.55. The van der Waals surface area contributed by atoms with Crippen molar-refractivity contribution in [2.75, 3.05) is 12.5 Å². The van der Waals surface area contributed by atoms with E-state index in [0.717, 1.165) is 18.0 Å². The molecule has 0 aliphatic carbocycles. The second kappa shape index (κ2) is 5.87. The Bertz CT molecular complexity index is 380. The van der Waals surface area contributed by atoms with E-state index in [4.69, 9.17) is 5.11 Å². The summed E-state index contributed by atoms with van der Waals surface area (Å²) < 4.78 is 39.5. The van der Waals surface area contributed by atoms with Gasteiger partial charge in [0.05, 0.1) is 16.5 Å². The molecule has 0 aliphatic heterocycles. The van der Waals surface area contributed by atoms with Crippen LogP contribution in [0.15, 0.2) is 23.4 Å². The van der Waals surface area contributed by atoms with Gasteiger partial charge in [0.25, 0.3) is 0 Å². The number of aromatic carboxylic acids is 1. The first-order valence-electron chi connectivity index (χ1n) is 4.35. The van der Waals surface area contributed by atoms with Gasteiger partial charge in [0.2, 0.25) is 0 Å². The first-order chi connectivity index (χ1) is 7.88. The molecule has 0 bridgehead atoms. The second-order valence-electron chi connectivity index (χ2n) is 2.92. The van der Waals surface area contributed by atoms with E-state index in [2.05, 4.69) is 9.72 Å². The number of carbonyl (C=O) groups is 1. The summed E-state index contributed by atoms with van der Waals surface area (Å²) in [6.07, 6.45) is -3.21. The average Bonchev–Trinajstić information content (AvgIpc) is 2.24. The fourth-order valence-corrected chi connectivity index (χ4v) is 1.43. The number of pyridine rings is 1. The number of halogens is 3. The molecular weight excluding hydrogens is 259 g/mol. The predicted octanol–water partition coefficient (Wildman–Crippen LogP) is 2.41. The molecule has 0 saturated heterocycles. The van der Waals surface area contributed by atoms with Crippen molar-refractivity contribution < 1.29 is 27.8 Å². The molecule has 1 aromatic rings. The molecule has 1 aromatic heterocycles. The monoisotopic (exact) mass is 267 g/mol. The van der Waals surface area contributed by atoms with E-state index in [1.807, 2.05) is 0 Å². The first kappa shape index (κ1) is 13.8. The highest BCUT2D eigenvalue weighted by Crippen LogP contribution is 2.19. The highest BCUT2D eigenvalue weighted by molar-refractivity contribution is 7.99. The first-order valence-corrected chi connectivity index (χ1v) is 5.34. The van der Waals surface area contributed by atoms with E-state index in [1.54, 1.807) is 0 Å². The molecule has 0 amide bonds. The molecule has 8 heteroatoms. The summed E-state index contributed by atoms with van der Waals surface area (Å²) in [7, 11) is 0. The lowest BCUT2D eigenvalue weighted by molar-refractivity contribution is -0.168. The lowest BCUT2D eigenvalue weighted by Gasteiger charge is -2.06. The lowest BCUT2D eigenvalue weighted by atomic mass is 10.3. The number of carboxylic acid groups (broad SMARTS) is 1. The Labute approximate surface area is 98.8 Å². The van der Waals surface area contributed by atoms with Crippen molar-refractivity contribution in [1.82, 2.24) is 4.98 Å². The van der Waals surface area contributed by atoms with Gasteiger partial charge in [-0.1, -0.05) is 11.8 Å². The predicted molar refractivity (Wildman–Crippen MR) is 53.9 cm³/mol. The molecule has 0 fully saturated rings. The van der Waals surface area contributed by atoms with E-state index in [9.17, 15) is 18.0 Å². The Morgan fingerprint density at radius 3 is 2.65 bits per heavy atom. The van der Waals surface area contributed by atoms with Crippen LogP contribution in [0.3, 0.4) is 0 Å². The van der Waals surface area contributed by atoms with E-state index in [1.165, 1.54) is 12.1 Å². The van der Waals surface area contributed by atoms with E-state index in [0.29, 0.717) is 5.03 Å². The number of ether oxygens (including phenoxy) is 1. The van der Waals surface area contributed by atoms with E-state index in [-0.39, 0.29) is 11.5 Å². The normalized spacial score (nSPS) is 11.5. The fourth-order valence-electron chi connectivity index (χ4n) is 0.852. The molecule has 1 N–H and O–H groups in total. The largest absolute Gasteiger partial charge is 0.478 e. The number of aromatic nitrogens is 1. The zero-order valence-electron chi connectivity index (χ0n) is 8.40. The molecular formula is C9H8F3NO3S. The Hall–Kier alpha value is -1.28. The second-order valence-corrected chi connectivity index (χ2v) is 3.86. The van der Waals surface area contributed by atoms with Gasteiger partial charge < -0.3 is 9.84 Å². The van der Waals surface area contributed by atoms with Crippen molar-refractivity contribution in [1.29, 1.82) is 0 Å². The van der Waals surface area contributed by atoms with Gasteiger partial charge in [-0.2, -0.15) is 13.2 Å². The number of thioether (sulfide) groups is 1. The smallest absolute Gasteiger partial charge is 0.411 e. The molecule has 1 rings (SSSR count). The number of carboxylic acids is 1. The summed E-state index contributed by atoms with van der Waals surface area (Å²) >= 11 is 0.955. The Balaban J connectivity index is 2.35. The molecule has 0 aliphatic rings. The number of hydrogen-bond donors (Lipinski definition) is 1. The van der Waals surface area contributed by atoms with Crippen LogP contribution in [-0.2, 0) is 4.74 Å². The van der Waals surface area contributed by atoms with Crippen LogP contribution in [0.1, 0.15) is 10.4 Å². The molecule has 17 heavy (non-hydrogen) atoms. The van der Waals surface area contributed by atoms with Gasteiger partial charge in [-0.15, -0.1) is 0 Å². The van der Waals surface area contributed by atoms with E-state index >= 15 is 0 Å². The highest BCUT2D eigenvalue weighted by atomic mass is 32.2. The molecule has 0 saturated carbocycles. The Morgan fingerprint density at radius 1 is 1.47 bits per heavy atom. The molecule has 0 atom stereocenters. The van der Waals surface area contributed by atoms with Crippen molar-refractivity contribution in [3.8, 4) is 0 Å². The summed E-state index contributed by atoms with van der Waals surface area (Å²) in [5, 5.41) is 8.98. The standard InChI is InChI=1S/C9H8F3NO3S/c10-9(11,12)4-16-5-17-7-2-1-6(3-13-7)8(14)15/h1-3H,4-5H2,(H,14,15). The van der Waals surface area contributed by atoms with Crippen LogP contribution in [0, 0.1) is 0 Å². The third-order valence-electron chi connectivity index (χ3n) is 1.54. The maximum Gasteiger partial charge on any atom is 0.411 e. The minimum absolute atomic E-state index is 0.0190. The quantitative estimate of drug-likeness (QED) is 0.504. The van der Waals surface area contributed by atoms with Crippen LogP contribution in [0.4, 0.5) is 13.2 Å². The number of nitrogens with zero attached hydrogens (tertiary/aromatic N) is 1. The van der Waals surface area contributed by atoms with Crippen LogP contribution in [0.2, 0.25) is 0 Å². The highest BCUT2D eigenvalue weighted by Gasteiger charge is 2.27. The van der Waals surface area contributed by atoms with Crippen LogP contribution in [0.5, 0.6) is 0 Å². The topological polar surface area (TPSA) is 59.4 Å². The van der Waals surface area contributed by atoms with Crippen molar-refractivity contribution in [3.63, 3.8) is 0 Å². The van der Waals surface area contributed by atoms with Gasteiger partial charge in [-0.25, -0.2) is 9.78 Å². The van der Waals surface area contributed by atoms with E-state index < -0.39 is 18.8 Å². The molecule has 0 spiro atoms. The van der Waals surface area contributed by atoms with Crippen LogP contribution < -0.4 is 0 Å². The van der Waals surface area contributed by atoms with Gasteiger partial charge in [0.1, 0.15) is 6.61 Å². The van der Waals surface area contributed by atoms with Gasteiger partial charge in [-0.3, -0.25) is 0 Å². The maximum atomic E-state index is 11.7. The summed E-state index contributed by atoms with van der Waals surface area (Å²) in [5.74, 6) is -1.30. The molecule has 0 aromatic carbocycles. The Kier molecular flexibility index (Phi) is 4.76. The van der Waals surface area contributed by atoms with Crippen molar-refractivity contribution in [3.05, 3.63) is 23.9 Å². The average molecular weight is 267 g/mol. The third-order valence-corrected chi connectivity index (χ3v) is 2.36. The lowest BCUT2D eigenvalue weighted by Crippen LogP contribution is -2.16. The van der Waals surface area contributed by atoms with Crippen LogP contribution in [-0.4, -0.2) is 34.8 Å². The number of alkyl halides is 3. The van der Waals surface area contributed by atoms with Crippen LogP contribution in [0.25, 0.3) is 0 Å². The summed E-state index contributed by atoms with van der Waals surface area (Å²) in [6.45, 7) is -1.31. The molecule has 0 radical (unpaired) electrons. The molecule has 1 heterocycles. The van der Waals surface area contributed by atoms with Crippen molar-refractivity contribution >= 4 is 17.7 Å². The van der Waals surface area contributed by atoms with Gasteiger partial charge >= 0.3 is 12.1 Å². The van der Waals surface area contributed by atoms with Gasteiger partial charge in [0.15, 0.2) is 0 Å². The summed E-state index contributed by atoms with van der Waals surface area (Å²) in [5.41, 5.74) is 0.0190. The fraction of sp³-hybridized carbons (Fsp3) is 0.333. The minimum Gasteiger partial charge on any atom is -0.478 e. The number of hydrogen-bond acceptors (Lipinski definition) is 4.